The molecule has 0 amide bonds. The predicted molar refractivity (Wildman–Crippen MR) is 47.2 cm³/mol. The van der Waals surface area contributed by atoms with Crippen molar-refractivity contribution in [3.8, 4) is 0 Å². The van der Waals surface area contributed by atoms with Gasteiger partial charge < -0.3 is 0 Å². The van der Waals surface area contributed by atoms with E-state index in [2.05, 4.69) is 0 Å². The fourth-order valence-electron chi connectivity index (χ4n) is 0.522. The van der Waals surface area contributed by atoms with Crippen molar-refractivity contribution in [2.45, 2.75) is 11.0 Å². The van der Waals surface area contributed by atoms with Gasteiger partial charge in [-0.1, -0.05) is 23.4 Å². The third kappa shape index (κ3) is 2.09. The van der Waals surface area contributed by atoms with Crippen LogP contribution < -0.4 is 0 Å². The standard InChI is InChI=1S/C4H2ClF3INS/c5-3-10(9)2(1-11-3)4(6,7)8/h1,3H. The van der Waals surface area contributed by atoms with Gasteiger partial charge in [-0.05, 0) is 0 Å². The van der Waals surface area contributed by atoms with Gasteiger partial charge in [0, 0.05) is 5.41 Å². The van der Waals surface area contributed by atoms with Gasteiger partial charge in [0.15, 0.2) is 4.83 Å². The molecule has 64 valence electrons. The molecule has 11 heavy (non-hydrogen) atoms. The van der Waals surface area contributed by atoms with Crippen LogP contribution in [0.25, 0.3) is 0 Å². The molecule has 0 aromatic carbocycles. The maximum absolute atomic E-state index is 12.0. The predicted octanol–water partition coefficient (Wildman–Crippen LogP) is 3.31. The summed E-state index contributed by atoms with van der Waals surface area (Å²) >= 11 is 7.97. The van der Waals surface area contributed by atoms with Gasteiger partial charge in [-0.3, -0.25) is 3.11 Å². The SMILES string of the molecule is FC(F)(F)C1=CSC(Cl)N1I. The molecular formula is C4H2ClF3INS. The molecule has 1 heterocycles. The number of hydrogen-bond donors (Lipinski definition) is 0. The van der Waals surface area contributed by atoms with Crippen molar-refractivity contribution in [2.24, 2.45) is 0 Å². The third-order valence-electron chi connectivity index (χ3n) is 0.991. The maximum Gasteiger partial charge on any atom is 0.432 e. The van der Waals surface area contributed by atoms with E-state index < -0.39 is 16.7 Å². The van der Waals surface area contributed by atoms with E-state index >= 15 is 0 Å². The van der Waals surface area contributed by atoms with Crippen LogP contribution in [0.2, 0.25) is 0 Å². The Balaban J connectivity index is 2.76. The van der Waals surface area contributed by atoms with Crippen LogP contribution >= 0.6 is 46.2 Å². The molecule has 0 aromatic rings. The Bertz CT molecular complexity index is 194. The average Bonchev–Trinajstić information content (AvgIpc) is 2.11. The topological polar surface area (TPSA) is 3.24 Å². The molecule has 1 nitrogen and oxygen atoms in total. The second kappa shape index (κ2) is 3.21. The van der Waals surface area contributed by atoms with Crippen LogP contribution in [0.3, 0.4) is 0 Å². The van der Waals surface area contributed by atoms with E-state index in [0.29, 0.717) is 0 Å². The highest BCUT2D eigenvalue weighted by Gasteiger charge is 2.42. The Hall–Kier alpha value is 0.700. The molecule has 1 atom stereocenters. The maximum atomic E-state index is 12.0. The van der Waals surface area contributed by atoms with Gasteiger partial charge in [0.1, 0.15) is 5.70 Å². The third-order valence-corrected chi connectivity index (χ3v) is 4.07. The molecule has 0 spiro atoms. The fraction of sp³-hybridized carbons (Fsp3) is 0.500. The lowest BCUT2D eigenvalue weighted by Gasteiger charge is -2.18. The molecule has 0 radical (unpaired) electrons. The Morgan fingerprint density at radius 3 is 2.36 bits per heavy atom. The highest BCUT2D eigenvalue weighted by Crippen LogP contribution is 2.43. The van der Waals surface area contributed by atoms with E-state index in [1.165, 1.54) is 22.9 Å². The second-order valence-electron chi connectivity index (χ2n) is 1.74. The second-order valence-corrected chi connectivity index (χ2v) is 4.41. The first-order valence-electron chi connectivity index (χ1n) is 2.45. The zero-order chi connectivity index (χ0) is 8.65. The highest BCUT2D eigenvalue weighted by atomic mass is 127. The summed E-state index contributed by atoms with van der Waals surface area (Å²) in [5.41, 5.74) is -0.692. The number of rotatable bonds is 0. The van der Waals surface area contributed by atoms with Crippen molar-refractivity contribution in [2.75, 3.05) is 0 Å². The molecule has 1 rings (SSSR count). The summed E-state index contributed by atoms with van der Waals surface area (Å²) in [7, 11) is 0. The molecule has 0 saturated heterocycles. The highest BCUT2D eigenvalue weighted by molar-refractivity contribution is 14.1. The Labute approximate surface area is 84.4 Å². The number of alkyl halides is 4. The Morgan fingerprint density at radius 2 is 2.18 bits per heavy atom. The minimum absolute atomic E-state index is 0.646. The van der Waals surface area contributed by atoms with Gasteiger partial charge >= 0.3 is 6.18 Å². The Morgan fingerprint density at radius 1 is 1.64 bits per heavy atom. The van der Waals surface area contributed by atoms with Crippen molar-refractivity contribution in [3.05, 3.63) is 11.1 Å². The van der Waals surface area contributed by atoms with E-state index in [0.717, 1.165) is 20.3 Å². The van der Waals surface area contributed by atoms with Gasteiger partial charge in [0.25, 0.3) is 0 Å². The van der Waals surface area contributed by atoms with Crippen molar-refractivity contribution >= 4 is 46.2 Å². The summed E-state index contributed by atoms with van der Waals surface area (Å²) in [6.07, 6.45) is -4.29. The Kier molecular flexibility index (Phi) is 2.86. The van der Waals surface area contributed by atoms with Crippen molar-refractivity contribution < 1.29 is 13.2 Å². The largest absolute Gasteiger partial charge is 0.432 e. The van der Waals surface area contributed by atoms with Crippen LogP contribution in [0, 0.1) is 0 Å². The number of hydrogen-bond acceptors (Lipinski definition) is 2. The lowest BCUT2D eigenvalue weighted by atomic mass is 10.5. The normalized spacial score (nSPS) is 25.7. The van der Waals surface area contributed by atoms with Crippen LogP contribution in [0.4, 0.5) is 13.2 Å². The van der Waals surface area contributed by atoms with Gasteiger partial charge in [-0.2, -0.15) is 13.2 Å². The van der Waals surface area contributed by atoms with E-state index in [-0.39, 0.29) is 0 Å². The lowest BCUT2D eigenvalue weighted by molar-refractivity contribution is -0.101. The molecule has 0 fully saturated rings. The van der Waals surface area contributed by atoms with Gasteiger partial charge in [-0.15, -0.1) is 0 Å². The van der Waals surface area contributed by atoms with E-state index in [1.807, 2.05) is 0 Å². The van der Waals surface area contributed by atoms with E-state index in [9.17, 15) is 13.2 Å². The number of thioether (sulfide) groups is 1. The van der Waals surface area contributed by atoms with E-state index in [1.54, 1.807) is 0 Å². The quantitative estimate of drug-likeness (QED) is 0.292. The van der Waals surface area contributed by atoms with Crippen LogP contribution in [-0.4, -0.2) is 14.1 Å². The minimum atomic E-state index is -4.29. The van der Waals surface area contributed by atoms with Crippen LogP contribution in [0.15, 0.2) is 11.1 Å². The van der Waals surface area contributed by atoms with Gasteiger partial charge in [0.05, 0.1) is 22.9 Å². The summed E-state index contributed by atoms with van der Waals surface area (Å²) in [6, 6.07) is 0. The molecule has 1 unspecified atom stereocenters. The summed E-state index contributed by atoms with van der Waals surface area (Å²) in [6.45, 7) is 0. The number of allylic oxidation sites excluding steroid dienone is 1. The van der Waals surface area contributed by atoms with E-state index in [4.69, 9.17) is 11.6 Å². The average molecular weight is 315 g/mol. The summed E-state index contributed by atoms with van der Waals surface area (Å²) < 4.78 is 37.0. The first-order chi connectivity index (χ1) is 4.93. The molecule has 0 aromatic heterocycles. The summed E-state index contributed by atoms with van der Waals surface area (Å²) in [5, 5.41) is 1.02. The van der Waals surface area contributed by atoms with Gasteiger partial charge in [0.2, 0.25) is 0 Å². The number of halogens is 5. The van der Waals surface area contributed by atoms with Crippen LogP contribution in [0.5, 0.6) is 0 Å². The minimum Gasteiger partial charge on any atom is -0.282 e. The molecule has 0 bridgehead atoms. The zero-order valence-electron chi connectivity index (χ0n) is 4.90. The molecule has 0 saturated carbocycles. The monoisotopic (exact) mass is 315 g/mol. The summed E-state index contributed by atoms with van der Waals surface area (Å²) in [4.78, 5) is -0.646. The zero-order valence-corrected chi connectivity index (χ0v) is 8.63. The van der Waals surface area contributed by atoms with Crippen molar-refractivity contribution in [3.63, 3.8) is 0 Å². The van der Waals surface area contributed by atoms with Crippen LogP contribution in [0.1, 0.15) is 0 Å². The van der Waals surface area contributed by atoms with Crippen LogP contribution in [-0.2, 0) is 0 Å². The first-order valence-corrected chi connectivity index (χ1v) is 4.79. The molecule has 7 heteroatoms. The molecule has 0 N–H and O–H groups in total. The number of nitrogens with zero attached hydrogens (tertiary/aromatic N) is 1. The molecule has 1 aliphatic rings. The molecular weight excluding hydrogens is 313 g/mol. The van der Waals surface area contributed by atoms with Crippen molar-refractivity contribution in [1.29, 1.82) is 0 Å². The van der Waals surface area contributed by atoms with Crippen molar-refractivity contribution in [1.82, 2.24) is 3.11 Å². The molecule has 0 aliphatic carbocycles. The summed E-state index contributed by atoms with van der Waals surface area (Å²) in [5.74, 6) is 0. The fourth-order valence-corrected chi connectivity index (χ4v) is 2.49. The molecule has 1 aliphatic heterocycles. The van der Waals surface area contributed by atoms with Gasteiger partial charge in [-0.25, -0.2) is 0 Å². The first kappa shape index (κ1) is 9.79. The lowest BCUT2D eigenvalue weighted by Crippen LogP contribution is -2.23. The smallest absolute Gasteiger partial charge is 0.282 e.